The zero-order valence-corrected chi connectivity index (χ0v) is 16.0. The van der Waals surface area contributed by atoms with Crippen molar-refractivity contribution in [3.05, 3.63) is 35.4 Å². The number of hydrogen-bond acceptors (Lipinski definition) is 1. The molecule has 0 bridgehead atoms. The first-order chi connectivity index (χ1) is 9.50. The van der Waals surface area contributed by atoms with Crippen LogP contribution in [0.1, 0.15) is 31.4 Å². The molecule has 21 heavy (non-hydrogen) atoms. The van der Waals surface area contributed by atoms with E-state index in [4.69, 9.17) is 0 Å². The number of benzene rings is 1. The van der Waals surface area contributed by atoms with E-state index in [1.165, 1.54) is 17.5 Å². The van der Waals surface area contributed by atoms with Crippen LogP contribution in [-0.4, -0.2) is 37.5 Å². The lowest BCUT2D eigenvalue weighted by atomic mass is 9.93. The minimum Gasteiger partial charge on any atom is -0.356 e. The van der Waals surface area contributed by atoms with Crippen LogP contribution in [0.4, 0.5) is 0 Å². The van der Waals surface area contributed by atoms with Crippen LogP contribution in [0.25, 0.3) is 0 Å². The second kappa shape index (κ2) is 8.01. The largest absolute Gasteiger partial charge is 0.356 e. The van der Waals surface area contributed by atoms with Gasteiger partial charge in [-0.3, -0.25) is 4.99 Å². The zero-order chi connectivity index (χ0) is 14.6. The number of aliphatic imine (C=N–C) groups is 1. The number of halogens is 1. The second-order valence-electron chi connectivity index (χ2n) is 6.55. The van der Waals surface area contributed by atoms with Crippen LogP contribution < -0.4 is 5.32 Å². The highest BCUT2D eigenvalue weighted by Gasteiger charge is 2.30. The number of nitrogens with one attached hydrogen (secondary N) is 1. The summed E-state index contributed by atoms with van der Waals surface area (Å²) >= 11 is 0. The maximum Gasteiger partial charge on any atom is 0.193 e. The van der Waals surface area contributed by atoms with Gasteiger partial charge in [-0.05, 0) is 30.7 Å². The molecule has 1 fully saturated rings. The summed E-state index contributed by atoms with van der Waals surface area (Å²) in [5.41, 5.74) is 3.12. The van der Waals surface area contributed by atoms with E-state index in [-0.39, 0.29) is 24.0 Å². The van der Waals surface area contributed by atoms with Gasteiger partial charge in [0.25, 0.3) is 0 Å². The Morgan fingerprint density at radius 1 is 1.38 bits per heavy atom. The number of guanidine groups is 1. The molecule has 0 saturated carbocycles. The third-order valence-corrected chi connectivity index (χ3v) is 3.97. The van der Waals surface area contributed by atoms with Gasteiger partial charge >= 0.3 is 0 Å². The van der Waals surface area contributed by atoms with Crippen molar-refractivity contribution >= 4 is 29.9 Å². The summed E-state index contributed by atoms with van der Waals surface area (Å²) in [5.74, 6) is 1.04. The lowest BCUT2D eigenvalue weighted by Crippen LogP contribution is -2.41. The van der Waals surface area contributed by atoms with Gasteiger partial charge in [-0.25, -0.2) is 0 Å². The fourth-order valence-electron chi connectivity index (χ4n) is 2.81. The molecule has 1 aromatic carbocycles. The van der Waals surface area contributed by atoms with E-state index in [1.807, 2.05) is 7.05 Å². The molecule has 0 radical (unpaired) electrons. The van der Waals surface area contributed by atoms with Gasteiger partial charge in [0.1, 0.15) is 0 Å². The maximum absolute atomic E-state index is 4.42. The lowest BCUT2D eigenvalue weighted by Gasteiger charge is -2.23. The molecule has 3 nitrogen and oxygen atoms in total. The first kappa shape index (κ1) is 18.3. The molecule has 0 amide bonds. The molecule has 1 aliphatic heterocycles. The number of nitrogens with zero attached hydrogens (tertiary/aromatic N) is 2. The molecule has 1 aromatic rings. The molecule has 0 aromatic heterocycles. The van der Waals surface area contributed by atoms with E-state index in [0.29, 0.717) is 5.41 Å². The summed E-state index contributed by atoms with van der Waals surface area (Å²) in [6.45, 7) is 9.93. The number of hydrogen-bond donors (Lipinski definition) is 1. The van der Waals surface area contributed by atoms with Crippen LogP contribution in [0.5, 0.6) is 0 Å². The molecule has 1 saturated heterocycles. The van der Waals surface area contributed by atoms with Crippen LogP contribution in [0.15, 0.2) is 29.3 Å². The SMILES string of the molecule is CN=C(NCCc1cccc(C)c1)N1CCC(C)(C)C1.I. The Kier molecular flexibility index (Phi) is 6.97. The smallest absolute Gasteiger partial charge is 0.193 e. The molecule has 0 spiro atoms. The monoisotopic (exact) mass is 401 g/mol. The van der Waals surface area contributed by atoms with Gasteiger partial charge in [0.05, 0.1) is 0 Å². The van der Waals surface area contributed by atoms with Gasteiger partial charge in [-0.1, -0.05) is 43.7 Å². The average Bonchev–Trinajstić information content (AvgIpc) is 2.75. The molecule has 1 aliphatic rings. The van der Waals surface area contributed by atoms with Crippen molar-refractivity contribution in [3.8, 4) is 0 Å². The van der Waals surface area contributed by atoms with Crippen LogP contribution >= 0.6 is 24.0 Å². The van der Waals surface area contributed by atoms with E-state index >= 15 is 0 Å². The predicted molar refractivity (Wildman–Crippen MR) is 102 cm³/mol. The summed E-state index contributed by atoms with van der Waals surface area (Å²) in [5, 5.41) is 3.49. The number of aryl methyl sites for hydroxylation is 1. The Hall–Kier alpha value is -0.780. The average molecular weight is 401 g/mol. The standard InChI is InChI=1S/C17H27N3.HI/c1-14-6-5-7-15(12-14)8-10-19-16(18-4)20-11-9-17(2,3)13-20;/h5-7,12H,8-11,13H2,1-4H3,(H,18,19);1H. The molecule has 0 unspecified atom stereocenters. The van der Waals surface area contributed by atoms with E-state index < -0.39 is 0 Å². The van der Waals surface area contributed by atoms with Gasteiger partial charge in [0.15, 0.2) is 5.96 Å². The highest BCUT2D eigenvalue weighted by Crippen LogP contribution is 2.28. The fourth-order valence-corrected chi connectivity index (χ4v) is 2.81. The van der Waals surface area contributed by atoms with E-state index in [1.54, 1.807) is 0 Å². The quantitative estimate of drug-likeness (QED) is 0.477. The van der Waals surface area contributed by atoms with Crippen molar-refractivity contribution in [1.29, 1.82) is 0 Å². The summed E-state index contributed by atoms with van der Waals surface area (Å²) in [6.07, 6.45) is 2.28. The second-order valence-corrected chi connectivity index (χ2v) is 6.55. The van der Waals surface area contributed by atoms with Crippen molar-refractivity contribution in [2.45, 2.75) is 33.6 Å². The molecule has 1 heterocycles. The highest BCUT2D eigenvalue weighted by atomic mass is 127. The minimum absolute atomic E-state index is 0. The van der Waals surface area contributed by atoms with Crippen LogP contribution in [0.3, 0.4) is 0 Å². The molecule has 118 valence electrons. The molecular formula is C17H28IN3. The molecular weight excluding hydrogens is 373 g/mol. The van der Waals surface area contributed by atoms with Crippen LogP contribution in [0.2, 0.25) is 0 Å². The Morgan fingerprint density at radius 3 is 2.71 bits per heavy atom. The third kappa shape index (κ3) is 5.49. The van der Waals surface area contributed by atoms with Gasteiger partial charge in [0, 0.05) is 26.7 Å². The van der Waals surface area contributed by atoms with E-state index in [2.05, 4.69) is 60.2 Å². The maximum atomic E-state index is 4.42. The highest BCUT2D eigenvalue weighted by molar-refractivity contribution is 14.0. The van der Waals surface area contributed by atoms with Crippen LogP contribution in [0, 0.1) is 12.3 Å². The van der Waals surface area contributed by atoms with E-state index in [9.17, 15) is 0 Å². The van der Waals surface area contributed by atoms with Crippen molar-refractivity contribution < 1.29 is 0 Å². The molecule has 1 N–H and O–H groups in total. The Labute approximate surface area is 146 Å². The van der Waals surface area contributed by atoms with Crippen molar-refractivity contribution in [2.75, 3.05) is 26.7 Å². The molecule has 4 heteroatoms. The van der Waals surface area contributed by atoms with Gasteiger partial charge < -0.3 is 10.2 Å². The summed E-state index contributed by atoms with van der Waals surface area (Å²) < 4.78 is 0. The number of likely N-dealkylation sites (tertiary alicyclic amines) is 1. The third-order valence-electron chi connectivity index (χ3n) is 3.97. The van der Waals surface area contributed by atoms with Gasteiger partial charge in [0.2, 0.25) is 0 Å². The Bertz CT molecular complexity index is 483. The van der Waals surface area contributed by atoms with Crippen molar-refractivity contribution in [2.24, 2.45) is 10.4 Å². The molecule has 0 atom stereocenters. The summed E-state index contributed by atoms with van der Waals surface area (Å²) in [4.78, 5) is 6.79. The topological polar surface area (TPSA) is 27.6 Å². The first-order valence-corrected chi connectivity index (χ1v) is 7.51. The Balaban J connectivity index is 0.00000220. The summed E-state index contributed by atoms with van der Waals surface area (Å²) in [7, 11) is 1.88. The van der Waals surface area contributed by atoms with Crippen molar-refractivity contribution in [3.63, 3.8) is 0 Å². The predicted octanol–water partition coefficient (Wildman–Crippen LogP) is 3.46. The number of rotatable bonds is 3. The zero-order valence-electron chi connectivity index (χ0n) is 13.6. The lowest BCUT2D eigenvalue weighted by molar-refractivity contribution is 0.370. The van der Waals surface area contributed by atoms with Gasteiger partial charge in [-0.15, -0.1) is 24.0 Å². The minimum atomic E-state index is 0. The van der Waals surface area contributed by atoms with E-state index in [0.717, 1.165) is 32.0 Å². The fraction of sp³-hybridized carbons (Fsp3) is 0.588. The van der Waals surface area contributed by atoms with Crippen molar-refractivity contribution in [1.82, 2.24) is 10.2 Å². The van der Waals surface area contributed by atoms with Gasteiger partial charge in [-0.2, -0.15) is 0 Å². The molecule has 0 aliphatic carbocycles. The molecule has 2 rings (SSSR count). The normalized spacial score (nSPS) is 17.5. The van der Waals surface area contributed by atoms with Crippen LogP contribution in [-0.2, 0) is 6.42 Å². The summed E-state index contributed by atoms with van der Waals surface area (Å²) in [6, 6.07) is 8.71. The Morgan fingerprint density at radius 2 is 2.14 bits per heavy atom. The first-order valence-electron chi connectivity index (χ1n) is 7.51.